The topological polar surface area (TPSA) is 69.0 Å². The van der Waals surface area contributed by atoms with Crippen LogP contribution in [0.1, 0.15) is 21.5 Å². The number of thioether (sulfide) groups is 1. The predicted octanol–water partition coefficient (Wildman–Crippen LogP) is 4.97. The second kappa shape index (κ2) is 10.6. The summed E-state index contributed by atoms with van der Waals surface area (Å²) in [6.45, 7) is 3.07. The number of carbonyl (C=O) groups is 1. The Hall–Kier alpha value is -2.94. The van der Waals surface area contributed by atoms with Crippen LogP contribution in [0.3, 0.4) is 0 Å². The Morgan fingerprint density at radius 3 is 2.69 bits per heavy atom. The second-order valence-corrected chi connectivity index (χ2v) is 9.08. The second-order valence-electron chi connectivity index (χ2n) is 7.19. The number of rotatable bonds is 9. The van der Waals surface area contributed by atoms with Crippen LogP contribution in [0.15, 0.2) is 71.2 Å². The van der Waals surface area contributed by atoms with Crippen LogP contribution in [0.5, 0.6) is 0 Å². The quantitative estimate of drug-likeness (QED) is 0.280. The first-order valence-corrected chi connectivity index (χ1v) is 12.1. The largest absolute Gasteiger partial charge is 0.383 e. The fraction of sp³-hybridized carbons (Fsp3) is 0.208. The number of hydrogen-bond acceptors (Lipinski definition) is 6. The highest BCUT2D eigenvalue weighted by atomic mass is 32.2. The van der Waals surface area contributed by atoms with Crippen LogP contribution in [0.2, 0.25) is 0 Å². The normalized spacial score (nSPS) is 10.9. The summed E-state index contributed by atoms with van der Waals surface area (Å²) in [5.74, 6) is 1.47. The van der Waals surface area contributed by atoms with Gasteiger partial charge >= 0.3 is 0 Å². The van der Waals surface area contributed by atoms with E-state index in [0.29, 0.717) is 18.7 Å². The van der Waals surface area contributed by atoms with Gasteiger partial charge in [0.1, 0.15) is 0 Å². The maximum Gasteiger partial charge on any atom is 0.251 e. The van der Waals surface area contributed by atoms with Gasteiger partial charge < -0.3 is 10.1 Å². The highest BCUT2D eigenvalue weighted by Gasteiger charge is 2.17. The Bertz CT molecular complexity index is 1170. The van der Waals surface area contributed by atoms with Crippen molar-refractivity contribution in [1.82, 2.24) is 20.1 Å². The molecule has 1 amide bonds. The van der Waals surface area contributed by atoms with Gasteiger partial charge in [0.05, 0.1) is 17.2 Å². The summed E-state index contributed by atoms with van der Waals surface area (Å²) >= 11 is 3.28. The number of nitrogens with one attached hydrogen (secondary N) is 1. The summed E-state index contributed by atoms with van der Waals surface area (Å²) in [6, 6.07) is 20.1. The predicted molar refractivity (Wildman–Crippen MR) is 130 cm³/mol. The smallest absolute Gasteiger partial charge is 0.251 e. The molecule has 0 saturated heterocycles. The third-order valence-electron chi connectivity index (χ3n) is 4.81. The van der Waals surface area contributed by atoms with Crippen molar-refractivity contribution in [2.24, 2.45) is 0 Å². The van der Waals surface area contributed by atoms with Gasteiger partial charge in [0, 0.05) is 25.0 Å². The number of carbonyl (C=O) groups excluding carboxylic acids is 1. The Balaban J connectivity index is 1.52. The number of methoxy groups -OCH3 is 1. The van der Waals surface area contributed by atoms with Crippen molar-refractivity contribution >= 4 is 29.0 Å². The average molecular weight is 465 g/mol. The maximum atomic E-state index is 12.2. The minimum atomic E-state index is -0.0963. The lowest BCUT2D eigenvalue weighted by Crippen LogP contribution is -2.26. The molecule has 0 unspecified atom stereocenters. The van der Waals surface area contributed by atoms with Gasteiger partial charge in [-0.1, -0.05) is 42.1 Å². The number of nitrogens with zero attached hydrogens (tertiary/aromatic N) is 3. The standard InChI is InChI=1S/C24H24N4O2S2/c1-17-5-3-6-20(15-17)28-22(21-7-4-14-31-21)26-27-24(28)32-16-18-8-10-19(11-9-18)23(29)25-12-13-30-2/h3-11,14-15H,12-13,16H2,1-2H3,(H,25,29). The molecule has 2 aromatic carbocycles. The summed E-state index contributed by atoms with van der Waals surface area (Å²) in [7, 11) is 1.61. The third-order valence-corrected chi connectivity index (χ3v) is 6.68. The highest BCUT2D eigenvalue weighted by molar-refractivity contribution is 7.98. The van der Waals surface area contributed by atoms with Crippen molar-refractivity contribution in [2.45, 2.75) is 17.8 Å². The van der Waals surface area contributed by atoms with Crippen LogP contribution < -0.4 is 5.32 Å². The van der Waals surface area contributed by atoms with Crippen molar-refractivity contribution in [2.75, 3.05) is 20.3 Å². The van der Waals surface area contributed by atoms with E-state index >= 15 is 0 Å². The molecule has 0 aliphatic rings. The summed E-state index contributed by atoms with van der Waals surface area (Å²) in [5.41, 5.74) is 3.98. The molecular formula is C24H24N4O2S2. The Morgan fingerprint density at radius 2 is 1.97 bits per heavy atom. The van der Waals surface area contributed by atoms with Gasteiger partial charge in [-0.05, 0) is 53.8 Å². The summed E-state index contributed by atoms with van der Waals surface area (Å²) < 4.78 is 7.08. The Labute approximate surface area is 195 Å². The molecule has 8 heteroatoms. The van der Waals surface area contributed by atoms with E-state index in [9.17, 15) is 4.79 Å². The maximum absolute atomic E-state index is 12.2. The molecule has 0 radical (unpaired) electrons. The molecular weight excluding hydrogens is 440 g/mol. The number of benzene rings is 2. The van der Waals surface area contributed by atoms with Crippen molar-refractivity contribution in [3.8, 4) is 16.4 Å². The van der Waals surface area contributed by atoms with Crippen LogP contribution in [0, 0.1) is 6.92 Å². The fourth-order valence-electron chi connectivity index (χ4n) is 3.20. The van der Waals surface area contributed by atoms with E-state index < -0.39 is 0 Å². The lowest BCUT2D eigenvalue weighted by Gasteiger charge is -2.10. The molecule has 0 saturated carbocycles. The minimum Gasteiger partial charge on any atom is -0.383 e. The SMILES string of the molecule is COCCNC(=O)c1ccc(CSc2nnc(-c3cccs3)n2-c2cccc(C)c2)cc1. The van der Waals surface area contributed by atoms with E-state index in [1.807, 2.05) is 41.8 Å². The van der Waals surface area contributed by atoms with Gasteiger partial charge in [-0.15, -0.1) is 21.5 Å². The molecule has 164 valence electrons. The molecule has 1 N–H and O–H groups in total. The zero-order chi connectivity index (χ0) is 22.3. The van der Waals surface area contributed by atoms with E-state index in [1.165, 1.54) is 5.56 Å². The zero-order valence-corrected chi connectivity index (χ0v) is 19.6. The van der Waals surface area contributed by atoms with Gasteiger partial charge in [0.2, 0.25) is 0 Å². The van der Waals surface area contributed by atoms with Crippen molar-refractivity contribution < 1.29 is 9.53 Å². The average Bonchev–Trinajstić information content (AvgIpc) is 3.48. The summed E-state index contributed by atoms with van der Waals surface area (Å²) in [6.07, 6.45) is 0. The first-order valence-electron chi connectivity index (χ1n) is 10.2. The van der Waals surface area contributed by atoms with E-state index in [-0.39, 0.29) is 5.91 Å². The van der Waals surface area contributed by atoms with E-state index in [1.54, 1.807) is 30.2 Å². The summed E-state index contributed by atoms with van der Waals surface area (Å²) in [5, 5.41) is 14.7. The highest BCUT2D eigenvalue weighted by Crippen LogP contribution is 2.32. The molecule has 0 atom stereocenters. The molecule has 0 aliphatic carbocycles. The van der Waals surface area contributed by atoms with Gasteiger partial charge in [-0.2, -0.15) is 0 Å². The van der Waals surface area contributed by atoms with E-state index in [2.05, 4.69) is 51.3 Å². The molecule has 0 aliphatic heterocycles. The number of aromatic nitrogens is 3. The van der Waals surface area contributed by atoms with Crippen LogP contribution in [0.25, 0.3) is 16.4 Å². The minimum absolute atomic E-state index is 0.0963. The summed E-state index contributed by atoms with van der Waals surface area (Å²) in [4.78, 5) is 13.2. The molecule has 0 spiro atoms. The Kier molecular flexibility index (Phi) is 7.36. The fourth-order valence-corrected chi connectivity index (χ4v) is 4.80. The lowest BCUT2D eigenvalue weighted by molar-refractivity contribution is 0.0937. The van der Waals surface area contributed by atoms with Crippen molar-refractivity contribution in [3.05, 3.63) is 82.7 Å². The number of hydrogen-bond donors (Lipinski definition) is 1. The molecule has 2 heterocycles. The van der Waals surface area contributed by atoms with Crippen molar-refractivity contribution in [3.63, 3.8) is 0 Å². The van der Waals surface area contributed by atoms with Crippen LogP contribution in [-0.4, -0.2) is 40.9 Å². The van der Waals surface area contributed by atoms with Gasteiger partial charge in [0.25, 0.3) is 5.91 Å². The molecule has 0 fully saturated rings. The van der Waals surface area contributed by atoms with Gasteiger partial charge in [0.15, 0.2) is 11.0 Å². The first-order chi connectivity index (χ1) is 15.7. The molecule has 4 rings (SSSR count). The zero-order valence-electron chi connectivity index (χ0n) is 17.9. The molecule has 6 nitrogen and oxygen atoms in total. The number of amides is 1. The first kappa shape index (κ1) is 22.3. The van der Waals surface area contributed by atoms with Crippen LogP contribution in [-0.2, 0) is 10.5 Å². The molecule has 4 aromatic rings. The van der Waals surface area contributed by atoms with Crippen LogP contribution >= 0.6 is 23.1 Å². The molecule has 0 bridgehead atoms. The number of ether oxygens (including phenoxy) is 1. The number of thiophene rings is 1. The third kappa shape index (κ3) is 5.27. The monoisotopic (exact) mass is 464 g/mol. The van der Waals surface area contributed by atoms with Gasteiger partial charge in [-0.3, -0.25) is 9.36 Å². The van der Waals surface area contributed by atoms with Crippen molar-refractivity contribution in [1.29, 1.82) is 0 Å². The number of aryl methyl sites for hydroxylation is 1. The molecule has 32 heavy (non-hydrogen) atoms. The van der Waals surface area contributed by atoms with Crippen LogP contribution in [0.4, 0.5) is 0 Å². The molecule has 2 aromatic heterocycles. The lowest BCUT2D eigenvalue weighted by atomic mass is 10.1. The van der Waals surface area contributed by atoms with E-state index in [4.69, 9.17) is 4.74 Å². The van der Waals surface area contributed by atoms with E-state index in [0.717, 1.165) is 32.9 Å². The Morgan fingerprint density at radius 1 is 1.12 bits per heavy atom. The van der Waals surface area contributed by atoms with Gasteiger partial charge in [-0.25, -0.2) is 0 Å².